The van der Waals surface area contributed by atoms with Gasteiger partial charge in [-0.1, -0.05) is 6.58 Å². The molecule has 2 fully saturated rings. The summed E-state index contributed by atoms with van der Waals surface area (Å²) in [6.07, 6.45) is -0.148. The topological polar surface area (TPSA) is 129 Å². The van der Waals surface area contributed by atoms with E-state index < -0.39 is 24.0 Å². The zero-order valence-corrected chi connectivity index (χ0v) is 12.6. The molecule has 0 aliphatic carbocycles. The van der Waals surface area contributed by atoms with Gasteiger partial charge in [-0.15, -0.1) is 0 Å². The third-order valence-corrected chi connectivity index (χ3v) is 4.18. The van der Waals surface area contributed by atoms with Crippen LogP contribution in [0.4, 0.5) is 0 Å². The van der Waals surface area contributed by atoms with E-state index in [0.717, 1.165) is 0 Å². The first-order valence-electron chi connectivity index (χ1n) is 7.22. The Morgan fingerprint density at radius 3 is 2.76 bits per heavy atom. The van der Waals surface area contributed by atoms with Crippen molar-refractivity contribution in [3.63, 3.8) is 0 Å². The lowest BCUT2D eigenvalue weighted by atomic mass is 9.96. The molecule has 8 heteroatoms. The predicted molar refractivity (Wildman–Crippen MR) is 78.5 cm³/mol. The molecule has 0 spiro atoms. The van der Waals surface area contributed by atoms with E-state index in [2.05, 4.69) is 17.2 Å². The highest BCUT2D eigenvalue weighted by Crippen LogP contribution is 2.27. The van der Waals surface area contributed by atoms with Crippen LogP contribution in [-0.4, -0.2) is 64.2 Å². The number of ether oxygens (including phenoxy) is 1. The zero-order valence-electron chi connectivity index (χ0n) is 12.6. The van der Waals surface area contributed by atoms with E-state index in [1.54, 1.807) is 11.1 Å². The lowest BCUT2D eigenvalue weighted by Crippen LogP contribution is -2.80. The maximum atomic E-state index is 10.2. The molecule has 7 atom stereocenters. The molecule has 0 aromatic heterocycles. The number of nitrogens with two attached hydrogens (primary N) is 2. The van der Waals surface area contributed by atoms with Crippen LogP contribution in [0, 0.1) is 0 Å². The fraction of sp³-hybridized carbons (Fsp3) is 0.846. The van der Waals surface area contributed by atoms with Crippen LogP contribution in [0.5, 0.6) is 0 Å². The molecule has 0 aromatic carbocycles. The fourth-order valence-electron chi connectivity index (χ4n) is 3.06. The molecule has 0 amide bonds. The van der Waals surface area contributed by atoms with Crippen molar-refractivity contribution in [1.29, 1.82) is 0 Å². The van der Waals surface area contributed by atoms with Crippen molar-refractivity contribution in [2.75, 3.05) is 6.61 Å². The maximum Gasteiger partial charge on any atom is 0.157 e. The van der Waals surface area contributed by atoms with Gasteiger partial charge in [-0.2, -0.15) is 0 Å². The van der Waals surface area contributed by atoms with E-state index in [-0.39, 0.29) is 25.0 Å². The third kappa shape index (κ3) is 3.21. The Hall–Kier alpha value is -0.740. The summed E-state index contributed by atoms with van der Waals surface area (Å²) in [6, 6.07) is -0.448. The molecule has 2 saturated heterocycles. The molecule has 0 radical (unpaired) electrons. The lowest BCUT2D eigenvalue weighted by molar-refractivity contribution is -0.111. The second-order valence-corrected chi connectivity index (χ2v) is 6.05. The zero-order chi connectivity index (χ0) is 15.8. The Balaban J connectivity index is 2.18. The van der Waals surface area contributed by atoms with E-state index in [1.165, 1.54) is 0 Å². The molecular weight excluding hydrogens is 274 g/mol. The molecule has 21 heavy (non-hydrogen) atoms. The summed E-state index contributed by atoms with van der Waals surface area (Å²) in [6.45, 7) is 7.42. The summed E-state index contributed by atoms with van der Waals surface area (Å²) in [5, 5.41) is 25.8. The minimum Gasteiger partial charge on any atom is -0.394 e. The second kappa shape index (κ2) is 6.17. The van der Waals surface area contributed by atoms with Gasteiger partial charge in [0.05, 0.1) is 30.6 Å². The van der Waals surface area contributed by atoms with Crippen LogP contribution in [0.2, 0.25) is 0 Å². The molecule has 2 heterocycles. The largest absolute Gasteiger partial charge is 0.394 e. The number of aliphatic hydroxyl groups is 2. The molecule has 0 bridgehead atoms. The number of hydrogen-bond donors (Lipinski definition) is 6. The normalized spacial score (nSPS) is 47.3. The van der Waals surface area contributed by atoms with Crippen molar-refractivity contribution in [2.24, 2.45) is 11.5 Å². The van der Waals surface area contributed by atoms with Crippen LogP contribution >= 0.6 is 0 Å². The SMILES string of the molecule is C=CN(C1NC(C)NC(C)(N)C1N)C1OC(CO)CC1O. The lowest BCUT2D eigenvalue weighted by Gasteiger charge is -2.50. The highest BCUT2D eigenvalue weighted by Gasteiger charge is 2.46. The summed E-state index contributed by atoms with van der Waals surface area (Å²) >= 11 is 0. The minimum absolute atomic E-state index is 0.0561. The second-order valence-electron chi connectivity index (χ2n) is 6.05. The van der Waals surface area contributed by atoms with Crippen LogP contribution in [-0.2, 0) is 4.74 Å². The summed E-state index contributed by atoms with van der Waals surface area (Å²) in [5.74, 6) is 0. The molecular formula is C13H27N5O3. The van der Waals surface area contributed by atoms with Gasteiger partial charge >= 0.3 is 0 Å². The monoisotopic (exact) mass is 301 g/mol. The molecule has 0 aromatic rings. The number of nitrogens with one attached hydrogen (secondary N) is 2. The predicted octanol–water partition coefficient (Wildman–Crippen LogP) is -2.23. The number of nitrogens with zero attached hydrogens (tertiary/aromatic N) is 1. The van der Waals surface area contributed by atoms with Gasteiger partial charge in [0.25, 0.3) is 0 Å². The molecule has 122 valence electrons. The van der Waals surface area contributed by atoms with Crippen LogP contribution in [0.15, 0.2) is 12.8 Å². The van der Waals surface area contributed by atoms with E-state index in [4.69, 9.17) is 16.2 Å². The Bertz CT molecular complexity index is 381. The standard InChI is InChI=1S/C13H27N5O3/c1-4-18(12-9(20)5-8(6-19)21-12)11-10(14)13(3,15)17-7(2)16-11/h4,7-12,16-17,19-20H,1,5-6,14-15H2,2-3H3. The van der Waals surface area contributed by atoms with Crippen LogP contribution in [0.1, 0.15) is 20.3 Å². The van der Waals surface area contributed by atoms with Gasteiger partial charge < -0.3 is 31.3 Å². The third-order valence-electron chi connectivity index (χ3n) is 4.18. The molecule has 2 aliphatic rings. The quantitative estimate of drug-likeness (QED) is 0.344. The van der Waals surface area contributed by atoms with Crippen LogP contribution in [0.25, 0.3) is 0 Å². The Morgan fingerprint density at radius 2 is 2.24 bits per heavy atom. The van der Waals surface area contributed by atoms with Gasteiger partial charge in [-0.05, 0) is 20.0 Å². The van der Waals surface area contributed by atoms with Gasteiger partial charge in [0.2, 0.25) is 0 Å². The highest BCUT2D eigenvalue weighted by atomic mass is 16.5. The van der Waals surface area contributed by atoms with E-state index in [0.29, 0.717) is 6.42 Å². The Kier molecular flexibility index (Phi) is 4.89. The summed E-state index contributed by atoms with van der Waals surface area (Å²) in [7, 11) is 0. The molecule has 0 saturated carbocycles. The van der Waals surface area contributed by atoms with Crippen molar-refractivity contribution in [3.05, 3.63) is 12.8 Å². The summed E-state index contributed by atoms with van der Waals surface area (Å²) < 4.78 is 5.68. The Labute approximate surface area is 125 Å². The van der Waals surface area contributed by atoms with Crippen molar-refractivity contribution in [1.82, 2.24) is 15.5 Å². The molecule has 8 nitrogen and oxygen atoms in total. The summed E-state index contributed by atoms with van der Waals surface area (Å²) in [4.78, 5) is 1.74. The van der Waals surface area contributed by atoms with E-state index in [9.17, 15) is 10.2 Å². The molecule has 8 N–H and O–H groups in total. The van der Waals surface area contributed by atoms with Crippen molar-refractivity contribution >= 4 is 0 Å². The number of aliphatic hydroxyl groups excluding tert-OH is 2. The van der Waals surface area contributed by atoms with Gasteiger partial charge in [0.15, 0.2) is 6.23 Å². The first-order valence-corrected chi connectivity index (χ1v) is 7.22. The first kappa shape index (κ1) is 16.6. The molecule has 2 rings (SSSR count). The smallest absolute Gasteiger partial charge is 0.157 e. The number of hydrogen-bond acceptors (Lipinski definition) is 8. The van der Waals surface area contributed by atoms with E-state index >= 15 is 0 Å². The summed E-state index contributed by atoms with van der Waals surface area (Å²) in [5.41, 5.74) is 11.7. The molecule has 2 aliphatic heterocycles. The fourth-order valence-corrected chi connectivity index (χ4v) is 3.06. The van der Waals surface area contributed by atoms with Crippen LogP contribution in [0.3, 0.4) is 0 Å². The van der Waals surface area contributed by atoms with Crippen LogP contribution < -0.4 is 22.1 Å². The van der Waals surface area contributed by atoms with Gasteiger partial charge in [0.1, 0.15) is 12.3 Å². The minimum atomic E-state index is -0.767. The Morgan fingerprint density at radius 1 is 1.57 bits per heavy atom. The van der Waals surface area contributed by atoms with Gasteiger partial charge in [-0.25, -0.2) is 0 Å². The maximum absolute atomic E-state index is 10.2. The van der Waals surface area contributed by atoms with Crippen molar-refractivity contribution in [2.45, 2.75) is 62.7 Å². The average Bonchev–Trinajstić information content (AvgIpc) is 2.77. The highest BCUT2D eigenvalue weighted by molar-refractivity contribution is 5.04. The first-order chi connectivity index (χ1) is 9.80. The van der Waals surface area contributed by atoms with Gasteiger partial charge in [-0.3, -0.25) is 10.6 Å². The number of rotatable bonds is 4. The van der Waals surface area contributed by atoms with Gasteiger partial charge in [0, 0.05) is 6.42 Å². The average molecular weight is 301 g/mol. The van der Waals surface area contributed by atoms with Crippen molar-refractivity contribution in [3.8, 4) is 0 Å². The molecule has 7 unspecified atom stereocenters. The van der Waals surface area contributed by atoms with Crippen molar-refractivity contribution < 1.29 is 14.9 Å². The van der Waals surface area contributed by atoms with E-state index in [1.807, 2.05) is 13.8 Å².